The van der Waals surface area contributed by atoms with Crippen molar-refractivity contribution < 1.29 is 24.3 Å². The minimum absolute atomic E-state index is 0.156. The Bertz CT molecular complexity index is 1030. The van der Waals surface area contributed by atoms with Crippen LogP contribution in [0, 0.1) is 6.92 Å². The lowest BCUT2D eigenvalue weighted by atomic mass is 10.0. The normalized spacial score (nSPS) is 9.79. The van der Waals surface area contributed by atoms with Crippen LogP contribution in [0.3, 0.4) is 0 Å². The Balaban J connectivity index is 0.000000878. The molecular formula is C21H18N2O5. The third kappa shape index (κ3) is 4.87. The molecule has 1 aromatic heterocycles. The summed E-state index contributed by atoms with van der Waals surface area (Å²) in [7, 11) is 0. The fraction of sp³-hybridized carbons (Fsp3) is 0.143. The summed E-state index contributed by atoms with van der Waals surface area (Å²) < 4.78 is 1.82. The molecule has 0 spiro atoms. The number of aromatic nitrogens is 2. The van der Waals surface area contributed by atoms with Crippen molar-refractivity contribution in [2.24, 2.45) is 0 Å². The summed E-state index contributed by atoms with van der Waals surface area (Å²) in [6.07, 6.45) is 1.93. The van der Waals surface area contributed by atoms with Crippen molar-refractivity contribution in [2.75, 3.05) is 0 Å². The molecule has 0 aliphatic carbocycles. The van der Waals surface area contributed by atoms with Crippen LogP contribution < -0.4 is 0 Å². The molecule has 0 aliphatic heterocycles. The van der Waals surface area contributed by atoms with Crippen LogP contribution in [0.25, 0.3) is 11.4 Å². The Morgan fingerprint density at radius 1 is 1.11 bits per heavy atom. The van der Waals surface area contributed by atoms with Crippen LogP contribution in [-0.4, -0.2) is 32.6 Å². The molecule has 142 valence electrons. The molecule has 0 bridgehead atoms. The molecule has 1 heterocycles. The van der Waals surface area contributed by atoms with Gasteiger partial charge in [-0.15, -0.1) is 0 Å². The lowest BCUT2D eigenvalue weighted by Crippen LogP contribution is -2.06. The first kappa shape index (κ1) is 20.5. The molecule has 7 nitrogen and oxygen atoms in total. The van der Waals surface area contributed by atoms with E-state index in [0.29, 0.717) is 23.6 Å². The Kier molecular flexibility index (Phi) is 6.73. The van der Waals surface area contributed by atoms with E-state index < -0.39 is 5.97 Å². The number of carboxylic acids is 1. The smallest absolute Gasteiger partial charge is 0.373 e. The van der Waals surface area contributed by atoms with Crippen molar-refractivity contribution >= 4 is 17.9 Å². The highest BCUT2D eigenvalue weighted by molar-refractivity contribution is 5.96. The number of imidazole rings is 1. The van der Waals surface area contributed by atoms with Gasteiger partial charge in [-0.2, -0.15) is 9.59 Å². The molecule has 7 heteroatoms. The van der Waals surface area contributed by atoms with Gasteiger partial charge < -0.3 is 9.67 Å². The number of aromatic carboxylic acids is 1. The highest BCUT2D eigenvalue weighted by Crippen LogP contribution is 2.26. The molecule has 0 radical (unpaired) electrons. The molecule has 0 aliphatic rings. The number of carbonyl (C=O) groups is 2. The summed E-state index contributed by atoms with van der Waals surface area (Å²) in [5, 5.41) is 9.54. The highest BCUT2D eigenvalue weighted by Gasteiger charge is 2.19. The van der Waals surface area contributed by atoms with Crippen molar-refractivity contribution in [3.63, 3.8) is 0 Å². The zero-order valence-electron chi connectivity index (χ0n) is 15.4. The van der Waals surface area contributed by atoms with Gasteiger partial charge in [0.25, 0.3) is 0 Å². The standard InChI is InChI=1S/C20H18N2O3.CO2/c1-13-8-9-16(17(10-13)20(24)25)19-21-18(14(2)23)12-22(19)11-15-6-4-3-5-7-15;2-1-3/h3-10,12H,11H2,1-2H3,(H,24,25);. The fourth-order valence-corrected chi connectivity index (χ4v) is 2.73. The zero-order valence-corrected chi connectivity index (χ0v) is 15.4. The second-order valence-electron chi connectivity index (χ2n) is 6.06. The van der Waals surface area contributed by atoms with Gasteiger partial charge >= 0.3 is 12.1 Å². The fourth-order valence-electron chi connectivity index (χ4n) is 2.73. The van der Waals surface area contributed by atoms with Gasteiger partial charge in [0.2, 0.25) is 0 Å². The predicted molar refractivity (Wildman–Crippen MR) is 99.9 cm³/mol. The Morgan fingerprint density at radius 3 is 2.32 bits per heavy atom. The Labute approximate surface area is 161 Å². The van der Waals surface area contributed by atoms with E-state index >= 15 is 0 Å². The van der Waals surface area contributed by atoms with Crippen LogP contribution in [0.1, 0.15) is 38.9 Å². The van der Waals surface area contributed by atoms with Crippen molar-refractivity contribution in [1.29, 1.82) is 0 Å². The topological polar surface area (TPSA) is 106 Å². The summed E-state index contributed by atoms with van der Waals surface area (Å²) in [6.45, 7) is 3.79. The van der Waals surface area contributed by atoms with Gasteiger partial charge in [0.15, 0.2) is 5.78 Å². The molecule has 0 atom stereocenters. The van der Waals surface area contributed by atoms with Gasteiger partial charge in [0, 0.05) is 25.2 Å². The third-order valence-corrected chi connectivity index (χ3v) is 3.98. The monoisotopic (exact) mass is 378 g/mol. The first-order valence-corrected chi connectivity index (χ1v) is 8.33. The van der Waals surface area contributed by atoms with E-state index in [2.05, 4.69) is 4.98 Å². The predicted octanol–water partition coefficient (Wildman–Crippen LogP) is 3.22. The largest absolute Gasteiger partial charge is 0.478 e. The van der Waals surface area contributed by atoms with Crippen LogP contribution >= 0.6 is 0 Å². The average Bonchev–Trinajstić information content (AvgIpc) is 3.07. The number of carbonyl (C=O) groups excluding carboxylic acids is 3. The van der Waals surface area contributed by atoms with Gasteiger partial charge in [0.1, 0.15) is 11.5 Å². The number of rotatable bonds is 5. The summed E-state index contributed by atoms with van der Waals surface area (Å²) >= 11 is 0. The van der Waals surface area contributed by atoms with Crippen molar-refractivity contribution in [1.82, 2.24) is 9.55 Å². The van der Waals surface area contributed by atoms with Crippen LogP contribution in [0.2, 0.25) is 0 Å². The summed E-state index contributed by atoms with van der Waals surface area (Å²) in [5.41, 5.74) is 2.90. The SMILES string of the molecule is CC(=O)c1cn(Cc2ccccc2)c(-c2ccc(C)cc2C(=O)O)n1.O=C=O. The number of ketones is 1. The summed E-state index contributed by atoms with van der Waals surface area (Å²) in [5.74, 6) is -0.694. The maximum atomic E-state index is 11.8. The maximum Gasteiger partial charge on any atom is 0.373 e. The van der Waals surface area contributed by atoms with Crippen LogP contribution in [0.4, 0.5) is 0 Å². The van der Waals surface area contributed by atoms with E-state index in [1.54, 1.807) is 18.3 Å². The molecule has 3 aromatic rings. The quantitative estimate of drug-likeness (QED) is 0.683. The molecule has 0 saturated heterocycles. The second kappa shape index (κ2) is 9.21. The van der Waals surface area contributed by atoms with Crippen molar-refractivity contribution in [3.05, 3.63) is 77.1 Å². The van der Waals surface area contributed by atoms with E-state index in [1.807, 2.05) is 47.9 Å². The van der Waals surface area contributed by atoms with Gasteiger partial charge in [-0.05, 0) is 18.6 Å². The number of carboxylic acid groups (broad SMARTS) is 1. The van der Waals surface area contributed by atoms with Gasteiger partial charge in [0.05, 0.1) is 5.56 Å². The van der Waals surface area contributed by atoms with E-state index in [-0.39, 0.29) is 17.5 Å². The first-order valence-electron chi connectivity index (χ1n) is 8.33. The van der Waals surface area contributed by atoms with Gasteiger partial charge in [-0.1, -0.05) is 48.0 Å². The first-order chi connectivity index (χ1) is 13.4. The van der Waals surface area contributed by atoms with Crippen LogP contribution in [0.15, 0.2) is 54.7 Å². The molecule has 28 heavy (non-hydrogen) atoms. The summed E-state index contributed by atoms with van der Waals surface area (Å²) in [4.78, 5) is 44.1. The Morgan fingerprint density at radius 2 is 1.75 bits per heavy atom. The minimum Gasteiger partial charge on any atom is -0.478 e. The molecule has 0 saturated carbocycles. The van der Waals surface area contributed by atoms with E-state index in [9.17, 15) is 14.7 Å². The lowest BCUT2D eigenvalue weighted by Gasteiger charge is -2.11. The number of benzene rings is 2. The maximum absolute atomic E-state index is 11.8. The minimum atomic E-state index is -1.02. The van der Waals surface area contributed by atoms with Crippen LogP contribution in [0.5, 0.6) is 0 Å². The average molecular weight is 378 g/mol. The lowest BCUT2D eigenvalue weighted by molar-refractivity contribution is -0.191. The number of Topliss-reactive ketones (excluding diaryl/α,β-unsaturated/α-hetero) is 1. The zero-order chi connectivity index (χ0) is 20.7. The molecular weight excluding hydrogens is 360 g/mol. The Hall–Kier alpha value is -3.83. The van der Waals surface area contributed by atoms with E-state index in [4.69, 9.17) is 9.59 Å². The molecule has 1 N–H and O–H groups in total. The number of hydrogen-bond acceptors (Lipinski definition) is 5. The number of hydrogen-bond donors (Lipinski definition) is 1. The van der Waals surface area contributed by atoms with Gasteiger partial charge in [-0.25, -0.2) is 9.78 Å². The van der Waals surface area contributed by atoms with Crippen LogP contribution in [-0.2, 0) is 16.1 Å². The van der Waals surface area contributed by atoms with Crippen molar-refractivity contribution in [2.45, 2.75) is 20.4 Å². The molecule has 2 aromatic carbocycles. The number of nitrogens with zero attached hydrogens (tertiary/aromatic N) is 2. The number of aryl methyl sites for hydroxylation is 1. The third-order valence-electron chi connectivity index (χ3n) is 3.98. The molecule has 0 unspecified atom stereocenters. The highest BCUT2D eigenvalue weighted by atomic mass is 16.4. The second-order valence-corrected chi connectivity index (χ2v) is 6.06. The molecule has 0 amide bonds. The van der Waals surface area contributed by atoms with Gasteiger partial charge in [-0.3, -0.25) is 4.79 Å². The van der Waals surface area contributed by atoms with E-state index in [0.717, 1.165) is 11.1 Å². The van der Waals surface area contributed by atoms with E-state index in [1.165, 1.54) is 6.92 Å². The van der Waals surface area contributed by atoms with Crippen molar-refractivity contribution in [3.8, 4) is 11.4 Å². The molecule has 3 rings (SSSR count). The summed E-state index contributed by atoms with van der Waals surface area (Å²) in [6, 6.07) is 15.0. The molecule has 0 fully saturated rings.